The van der Waals surface area contributed by atoms with Crippen molar-refractivity contribution in [2.45, 2.75) is 31.7 Å². The topological polar surface area (TPSA) is 67.1 Å². The molecule has 0 bridgehead atoms. The molecule has 0 radical (unpaired) electrons. The summed E-state index contributed by atoms with van der Waals surface area (Å²) in [7, 11) is 0. The number of likely N-dealkylation sites (tertiary alicyclic amines) is 1. The first-order valence-corrected chi connectivity index (χ1v) is 8.41. The molecule has 23 heavy (non-hydrogen) atoms. The second-order valence-electron chi connectivity index (χ2n) is 6.18. The highest BCUT2D eigenvalue weighted by Crippen LogP contribution is 2.15. The maximum atomic E-state index is 5.71. The fourth-order valence-corrected chi connectivity index (χ4v) is 3.15. The molecule has 122 valence electrons. The Hall–Kier alpha value is -2.14. The SMILES string of the molecule is Nc1ccnc(NC2CCCN(CCCc3ccccc3)C2)n1. The van der Waals surface area contributed by atoms with E-state index >= 15 is 0 Å². The largest absolute Gasteiger partial charge is 0.384 e. The molecule has 1 saturated heterocycles. The number of nitrogens with two attached hydrogens (primary N) is 1. The third kappa shape index (κ3) is 4.93. The van der Waals surface area contributed by atoms with Crippen LogP contribution in [0.5, 0.6) is 0 Å². The van der Waals surface area contributed by atoms with Gasteiger partial charge in [-0.2, -0.15) is 4.98 Å². The van der Waals surface area contributed by atoms with Crippen LogP contribution in [0.1, 0.15) is 24.8 Å². The molecule has 2 heterocycles. The van der Waals surface area contributed by atoms with Gasteiger partial charge in [-0.05, 0) is 50.4 Å². The first-order valence-electron chi connectivity index (χ1n) is 8.41. The molecule has 1 aromatic heterocycles. The number of hydrogen-bond acceptors (Lipinski definition) is 5. The molecule has 1 aromatic carbocycles. The fourth-order valence-electron chi connectivity index (χ4n) is 3.15. The number of aryl methyl sites for hydroxylation is 1. The number of nitrogens with zero attached hydrogens (tertiary/aromatic N) is 3. The Morgan fingerprint density at radius 1 is 1.22 bits per heavy atom. The maximum absolute atomic E-state index is 5.71. The molecule has 3 N–H and O–H groups in total. The van der Waals surface area contributed by atoms with Crippen LogP contribution in [0.15, 0.2) is 42.6 Å². The molecule has 0 spiro atoms. The molecule has 2 aromatic rings. The average Bonchev–Trinajstić information content (AvgIpc) is 2.56. The molecule has 3 rings (SSSR count). The van der Waals surface area contributed by atoms with Crippen molar-refractivity contribution < 1.29 is 0 Å². The van der Waals surface area contributed by atoms with Gasteiger partial charge in [0.25, 0.3) is 0 Å². The second kappa shape index (κ2) is 7.92. The third-order valence-electron chi connectivity index (χ3n) is 4.30. The molecule has 1 aliphatic heterocycles. The second-order valence-corrected chi connectivity index (χ2v) is 6.18. The summed E-state index contributed by atoms with van der Waals surface area (Å²) in [6.07, 6.45) is 6.42. The third-order valence-corrected chi connectivity index (χ3v) is 4.30. The predicted molar refractivity (Wildman–Crippen MR) is 94.3 cm³/mol. The van der Waals surface area contributed by atoms with Crippen molar-refractivity contribution in [2.24, 2.45) is 0 Å². The molecular weight excluding hydrogens is 286 g/mol. The Kier molecular flexibility index (Phi) is 5.42. The Bertz CT molecular complexity index is 601. The standard InChI is InChI=1S/C18H25N5/c19-17-10-11-20-18(22-17)21-16-9-5-13-23(14-16)12-4-8-15-6-2-1-3-7-15/h1-3,6-7,10-11,16H,4-5,8-9,12-14H2,(H3,19,20,21,22). The number of nitrogens with one attached hydrogen (secondary N) is 1. The first-order chi connectivity index (χ1) is 11.3. The number of nitrogen functional groups attached to an aromatic ring is 1. The summed E-state index contributed by atoms with van der Waals surface area (Å²) in [6.45, 7) is 3.38. The van der Waals surface area contributed by atoms with Gasteiger partial charge in [0.15, 0.2) is 0 Å². The van der Waals surface area contributed by atoms with Crippen molar-refractivity contribution in [3.63, 3.8) is 0 Å². The smallest absolute Gasteiger partial charge is 0.224 e. The molecule has 1 unspecified atom stereocenters. The molecule has 1 aliphatic rings. The molecular formula is C18H25N5. The normalized spacial score (nSPS) is 18.7. The van der Waals surface area contributed by atoms with Gasteiger partial charge < -0.3 is 16.0 Å². The Balaban J connectivity index is 1.44. The van der Waals surface area contributed by atoms with E-state index in [4.69, 9.17) is 5.73 Å². The van der Waals surface area contributed by atoms with Gasteiger partial charge in [0.2, 0.25) is 5.95 Å². The molecule has 0 aliphatic carbocycles. The zero-order valence-corrected chi connectivity index (χ0v) is 13.5. The maximum Gasteiger partial charge on any atom is 0.224 e. The summed E-state index contributed by atoms with van der Waals surface area (Å²) in [5, 5.41) is 3.42. The van der Waals surface area contributed by atoms with Crippen molar-refractivity contribution in [2.75, 3.05) is 30.7 Å². The number of benzene rings is 1. The summed E-state index contributed by atoms with van der Waals surface area (Å²) in [5.74, 6) is 1.15. The minimum atomic E-state index is 0.405. The average molecular weight is 311 g/mol. The molecule has 1 atom stereocenters. The number of hydrogen-bond donors (Lipinski definition) is 2. The van der Waals surface area contributed by atoms with Crippen LogP contribution in [0.4, 0.5) is 11.8 Å². The summed E-state index contributed by atoms with van der Waals surface area (Å²) in [5.41, 5.74) is 7.13. The summed E-state index contributed by atoms with van der Waals surface area (Å²) in [4.78, 5) is 11.0. The first kappa shape index (κ1) is 15.7. The van der Waals surface area contributed by atoms with E-state index in [1.165, 1.54) is 24.9 Å². The van der Waals surface area contributed by atoms with Crippen LogP contribution in [0.3, 0.4) is 0 Å². The van der Waals surface area contributed by atoms with Crippen molar-refractivity contribution in [3.8, 4) is 0 Å². The highest BCUT2D eigenvalue weighted by Gasteiger charge is 2.20. The highest BCUT2D eigenvalue weighted by molar-refractivity contribution is 5.35. The van der Waals surface area contributed by atoms with Crippen molar-refractivity contribution >= 4 is 11.8 Å². The molecule has 0 saturated carbocycles. The summed E-state index contributed by atoms with van der Waals surface area (Å²) in [6, 6.07) is 12.8. The van der Waals surface area contributed by atoms with Crippen molar-refractivity contribution in [1.29, 1.82) is 0 Å². The quantitative estimate of drug-likeness (QED) is 0.858. The van der Waals surface area contributed by atoms with Crippen LogP contribution < -0.4 is 11.1 Å². The van der Waals surface area contributed by atoms with Crippen LogP contribution in [-0.4, -0.2) is 40.5 Å². The molecule has 5 heteroatoms. The lowest BCUT2D eigenvalue weighted by Gasteiger charge is -2.33. The van der Waals surface area contributed by atoms with Gasteiger partial charge in [0, 0.05) is 18.8 Å². The van der Waals surface area contributed by atoms with Crippen LogP contribution in [0.2, 0.25) is 0 Å². The van der Waals surface area contributed by atoms with Gasteiger partial charge in [0.05, 0.1) is 0 Å². The van der Waals surface area contributed by atoms with Crippen LogP contribution >= 0.6 is 0 Å². The number of anilines is 2. The van der Waals surface area contributed by atoms with Crippen LogP contribution in [0, 0.1) is 0 Å². The lowest BCUT2D eigenvalue weighted by Crippen LogP contribution is -2.42. The van der Waals surface area contributed by atoms with E-state index in [0.29, 0.717) is 17.8 Å². The van der Waals surface area contributed by atoms with Gasteiger partial charge in [-0.15, -0.1) is 0 Å². The summed E-state index contributed by atoms with van der Waals surface area (Å²) < 4.78 is 0. The van der Waals surface area contributed by atoms with E-state index in [1.54, 1.807) is 12.3 Å². The minimum absolute atomic E-state index is 0.405. The number of piperidine rings is 1. The zero-order valence-electron chi connectivity index (χ0n) is 13.5. The lowest BCUT2D eigenvalue weighted by molar-refractivity contribution is 0.214. The van der Waals surface area contributed by atoms with Gasteiger partial charge in [-0.25, -0.2) is 4.98 Å². The van der Waals surface area contributed by atoms with Crippen LogP contribution in [0.25, 0.3) is 0 Å². The molecule has 0 amide bonds. The Labute approximate surface area is 137 Å². The van der Waals surface area contributed by atoms with Gasteiger partial charge >= 0.3 is 0 Å². The molecule has 5 nitrogen and oxygen atoms in total. The van der Waals surface area contributed by atoms with Gasteiger partial charge in [-0.1, -0.05) is 30.3 Å². The lowest BCUT2D eigenvalue weighted by atomic mass is 10.0. The van der Waals surface area contributed by atoms with Gasteiger partial charge in [0.1, 0.15) is 5.82 Å². The van der Waals surface area contributed by atoms with E-state index in [1.807, 2.05) is 0 Å². The Morgan fingerprint density at radius 2 is 2.09 bits per heavy atom. The highest BCUT2D eigenvalue weighted by atomic mass is 15.2. The van der Waals surface area contributed by atoms with Crippen molar-refractivity contribution in [1.82, 2.24) is 14.9 Å². The van der Waals surface area contributed by atoms with Gasteiger partial charge in [-0.3, -0.25) is 0 Å². The monoisotopic (exact) mass is 311 g/mol. The Morgan fingerprint density at radius 3 is 2.91 bits per heavy atom. The van der Waals surface area contributed by atoms with E-state index in [2.05, 4.69) is 50.5 Å². The van der Waals surface area contributed by atoms with E-state index in [-0.39, 0.29) is 0 Å². The number of rotatable bonds is 6. The fraction of sp³-hybridized carbons (Fsp3) is 0.444. The summed E-state index contributed by atoms with van der Waals surface area (Å²) >= 11 is 0. The molecule has 1 fully saturated rings. The predicted octanol–water partition coefficient (Wildman–Crippen LogP) is 2.57. The van der Waals surface area contributed by atoms with E-state index in [9.17, 15) is 0 Å². The van der Waals surface area contributed by atoms with Crippen LogP contribution in [-0.2, 0) is 6.42 Å². The van der Waals surface area contributed by atoms with E-state index in [0.717, 1.165) is 25.9 Å². The zero-order chi connectivity index (χ0) is 15.9. The van der Waals surface area contributed by atoms with Crippen molar-refractivity contribution in [3.05, 3.63) is 48.2 Å². The van der Waals surface area contributed by atoms with E-state index < -0.39 is 0 Å². The minimum Gasteiger partial charge on any atom is -0.384 e. The number of aromatic nitrogens is 2.